The smallest absolute Gasteiger partial charge is 0.314 e. The number of piperazine rings is 1. The van der Waals surface area contributed by atoms with Crippen molar-refractivity contribution in [3.8, 4) is 5.75 Å². The van der Waals surface area contributed by atoms with Gasteiger partial charge in [0.25, 0.3) is 0 Å². The van der Waals surface area contributed by atoms with Crippen LogP contribution in [0.3, 0.4) is 0 Å². The lowest BCUT2D eigenvalue weighted by Crippen LogP contribution is -2.51. The first-order chi connectivity index (χ1) is 13.4. The number of methoxy groups -OCH3 is 1. The molecule has 28 heavy (non-hydrogen) atoms. The Morgan fingerprint density at radius 3 is 2.39 bits per heavy atom. The molecule has 1 saturated heterocycles. The van der Waals surface area contributed by atoms with E-state index in [2.05, 4.69) is 42.3 Å². The highest BCUT2D eigenvalue weighted by atomic mass is 16.5. The molecule has 1 heterocycles. The van der Waals surface area contributed by atoms with Crippen LogP contribution in [0.15, 0.2) is 36.4 Å². The third-order valence-electron chi connectivity index (χ3n) is 5.28. The predicted molar refractivity (Wildman–Crippen MR) is 111 cm³/mol. The second-order valence-electron chi connectivity index (χ2n) is 7.16. The van der Waals surface area contributed by atoms with Crippen molar-refractivity contribution < 1.29 is 14.3 Å². The summed E-state index contributed by atoms with van der Waals surface area (Å²) in [5.74, 6) is -0.611. The Morgan fingerprint density at radius 1 is 1.00 bits per heavy atom. The fourth-order valence-corrected chi connectivity index (χ4v) is 3.47. The second-order valence-corrected chi connectivity index (χ2v) is 7.16. The molecule has 2 amide bonds. The summed E-state index contributed by atoms with van der Waals surface area (Å²) in [6.07, 6.45) is 0. The summed E-state index contributed by atoms with van der Waals surface area (Å²) >= 11 is 0. The number of hydrogen-bond acceptors (Lipinski definition) is 4. The van der Waals surface area contributed by atoms with E-state index < -0.39 is 11.8 Å². The number of benzene rings is 2. The average Bonchev–Trinajstić information content (AvgIpc) is 2.70. The molecule has 2 aromatic carbocycles. The SMILES string of the molecule is COc1ccc(C)cc1NC(=O)C(=O)N1CCN(c2cccc(C)c2C)CC1. The molecule has 0 atom stereocenters. The number of nitrogens with zero attached hydrogens (tertiary/aromatic N) is 2. The number of carbonyl (C=O) groups is 2. The maximum absolute atomic E-state index is 12.6. The summed E-state index contributed by atoms with van der Waals surface area (Å²) in [6, 6.07) is 11.7. The van der Waals surface area contributed by atoms with Gasteiger partial charge >= 0.3 is 11.8 Å². The Balaban J connectivity index is 1.63. The minimum atomic E-state index is -0.635. The first-order valence-corrected chi connectivity index (χ1v) is 9.46. The number of carbonyl (C=O) groups excluding carboxylic acids is 2. The van der Waals surface area contributed by atoms with Crippen molar-refractivity contribution in [2.24, 2.45) is 0 Å². The van der Waals surface area contributed by atoms with Gasteiger partial charge < -0.3 is 19.9 Å². The van der Waals surface area contributed by atoms with E-state index in [1.807, 2.05) is 13.0 Å². The van der Waals surface area contributed by atoms with E-state index in [0.29, 0.717) is 37.6 Å². The van der Waals surface area contributed by atoms with Crippen LogP contribution in [0.4, 0.5) is 11.4 Å². The zero-order valence-corrected chi connectivity index (χ0v) is 16.9. The van der Waals surface area contributed by atoms with Gasteiger partial charge in [0, 0.05) is 31.9 Å². The summed E-state index contributed by atoms with van der Waals surface area (Å²) in [5.41, 5.74) is 5.19. The highest BCUT2D eigenvalue weighted by molar-refractivity contribution is 6.39. The summed E-state index contributed by atoms with van der Waals surface area (Å²) in [5, 5.41) is 2.69. The molecule has 0 aliphatic carbocycles. The standard InChI is InChI=1S/C22H27N3O3/c1-15-8-9-20(28-4)18(14-15)23-21(26)22(27)25-12-10-24(11-13-25)19-7-5-6-16(2)17(19)3/h5-9,14H,10-13H2,1-4H3,(H,23,26). The van der Waals surface area contributed by atoms with E-state index in [1.54, 1.807) is 17.0 Å². The average molecular weight is 381 g/mol. The molecule has 2 aromatic rings. The van der Waals surface area contributed by atoms with Crippen LogP contribution in [0.25, 0.3) is 0 Å². The van der Waals surface area contributed by atoms with Gasteiger partial charge in [-0.3, -0.25) is 9.59 Å². The number of nitrogens with one attached hydrogen (secondary N) is 1. The number of ether oxygens (including phenoxy) is 1. The summed E-state index contributed by atoms with van der Waals surface area (Å²) in [6.45, 7) is 8.58. The Hall–Kier alpha value is -3.02. The third kappa shape index (κ3) is 4.11. The lowest BCUT2D eigenvalue weighted by atomic mass is 10.1. The van der Waals surface area contributed by atoms with Gasteiger partial charge in [0.15, 0.2) is 0 Å². The normalized spacial score (nSPS) is 14.0. The molecule has 1 aliphatic rings. The van der Waals surface area contributed by atoms with Crippen LogP contribution in [-0.2, 0) is 9.59 Å². The van der Waals surface area contributed by atoms with E-state index in [9.17, 15) is 9.59 Å². The van der Waals surface area contributed by atoms with Gasteiger partial charge in [0.1, 0.15) is 5.75 Å². The van der Waals surface area contributed by atoms with Crippen LogP contribution in [0.2, 0.25) is 0 Å². The van der Waals surface area contributed by atoms with Gasteiger partial charge in [-0.15, -0.1) is 0 Å². The fourth-order valence-electron chi connectivity index (χ4n) is 3.47. The molecule has 6 heteroatoms. The predicted octanol–water partition coefficient (Wildman–Crippen LogP) is 2.91. The quantitative estimate of drug-likeness (QED) is 0.831. The zero-order valence-electron chi connectivity index (χ0n) is 16.9. The monoisotopic (exact) mass is 381 g/mol. The van der Waals surface area contributed by atoms with Gasteiger partial charge in [-0.1, -0.05) is 18.2 Å². The Kier molecular flexibility index (Phi) is 5.87. The van der Waals surface area contributed by atoms with Gasteiger partial charge in [-0.2, -0.15) is 0 Å². The van der Waals surface area contributed by atoms with Crippen LogP contribution in [0, 0.1) is 20.8 Å². The van der Waals surface area contributed by atoms with Gasteiger partial charge in [-0.05, 0) is 55.7 Å². The molecular formula is C22H27N3O3. The summed E-state index contributed by atoms with van der Waals surface area (Å²) in [4.78, 5) is 29.0. The van der Waals surface area contributed by atoms with Crippen molar-refractivity contribution in [1.29, 1.82) is 0 Å². The van der Waals surface area contributed by atoms with Crippen molar-refractivity contribution in [3.63, 3.8) is 0 Å². The number of anilines is 2. The lowest BCUT2D eigenvalue weighted by Gasteiger charge is -2.36. The van der Waals surface area contributed by atoms with Crippen molar-refractivity contribution in [3.05, 3.63) is 53.1 Å². The van der Waals surface area contributed by atoms with Crippen molar-refractivity contribution in [2.45, 2.75) is 20.8 Å². The topological polar surface area (TPSA) is 61.9 Å². The fraction of sp³-hybridized carbons (Fsp3) is 0.364. The maximum Gasteiger partial charge on any atom is 0.314 e. The third-order valence-corrected chi connectivity index (χ3v) is 5.28. The first-order valence-electron chi connectivity index (χ1n) is 9.46. The Labute approximate surface area is 166 Å². The van der Waals surface area contributed by atoms with Crippen LogP contribution in [-0.4, -0.2) is 50.0 Å². The van der Waals surface area contributed by atoms with E-state index in [0.717, 1.165) is 5.56 Å². The molecule has 3 rings (SSSR count). The van der Waals surface area contributed by atoms with E-state index in [-0.39, 0.29) is 0 Å². The molecule has 0 saturated carbocycles. The summed E-state index contributed by atoms with van der Waals surface area (Å²) < 4.78 is 5.26. The highest BCUT2D eigenvalue weighted by Crippen LogP contribution is 2.26. The molecule has 0 aromatic heterocycles. The van der Waals surface area contributed by atoms with Crippen LogP contribution < -0.4 is 15.0 Å². The Bertz CT molecular complexity index is 887. The second kappa shape index (κ2) is 8.33. The molecule has 0 bridgehead atoms. The van der Waals surface area contributed by atoms with Gasteiger partial charge in [0.05, 0.1) is 12.8 Å². The minimum absolute atomic E-state index is 0.509. The van der Waals surface area contributed by atoms with E-state index >= 15 is 0 Å². The lowest BCUT2D eigenvalue weighted by molar-refractivity contribution is -0.143. The van der Waals surface area contributed by atoms with E-state index in [4.69, 9.17) is 4.74 Å². The molecule has 1 fully saturated rings. The largest absolute Gasteiger partial charge is 0.495 e. The number of rotatable bonds is 3. The van der Waals surface area contributed by atoms with Gasteiger partial charge in [0.2, 0.25) is 0 Å². The Morgan fingerprint density at radius 2 is 1.71 bits per heavy atom. The van der Waals surface area contributed by atoms with Crippen molar-refractivity contribution in [2.75, 3.05) is 43.5 Å². The number of amides is 2. The minimum Gasteiger partial charge on any atom is -0.495 e. The highest BCUT2D eigenvalue weighted by Gasteiger charge is 2.27. The molecule has 0 unspecified atom stereocenters. The molecule has 1 N–H and O–H groups in total. The van der Waals surface area contributed by atoms with Crippen molar-refractivity contribution in [1.82, 2.24) is 4.90 Å². The molecule has 6 nitrogen and oxygen atoms in total. The molecule has 0 spiro atoms. The first kappa shape index (κ1) is 19.7. The molecular weight excluding hydrogens is 354 g/mol. The van der Waals surface area contributed by atoms with Crippen LogP contribution in [0.1, 0.15) is 16.7 Å². The maximum atomic E-state index is 12.6. The number of aryl methyl sites for hydroxylation is 2. The molecule has 148 valence electrons. The van der Waals surface area contributed by atoms with Gasteiger partial charge in [-0.25, -0.2) is 0 Å². The summed E-state index contributed by atoms with van der Waals surface area (Å²) in [7, 11) is 1.54. The zero-order chi connectivity index (χ0) is 20.3. The molecule has 1 aliphatic heterocycles. The molecule has 0 radical (unpaired) electrons. The number of hydrogen-bond donors (Lipinski definition) is 1. The van der Waals surface area contributed by atoms with E-state index in [1.165, 1.54) is 23.9 Å². The van der Waals surface area contributed by atoms with Crippen LogP contribution >= 0.6 is 0 Å². The van der Waals surface area contributed by atoms with Crippen LogP contribution in [0.5, 0.6) is 5.75 Å². The van der Waals surface area contributed by atoms with Crippen molar-refractivity contribution >= 4 is 23.2 Å².